The lowest BCUT2D eigenvalue weighted by molar-refractivity contribution is -0.145. The molecule has 0 aliphatic carbocycles. The molecule has 0 aromatic rings. The number of hydrogen-bond acceptors (Lipinski definition) is 5. The van der Waals surface area contributed by atoms with Gasteiger partial charge in [-0.25, -0.2) is 4.79 Å². The second-order valence-corrected chi connectivity index (χ2v) is 6.39. The van der Waals surface area contributed by atoms with Crippen molar-refractivity contribution in [3.8, 4) is 0 Å². The van der Waals surface area contributed by atoms with Crippen LogP contribution in [0.5, 0.6) is 0 Å². The van der Waals surface area contributed by atoms with E-state index < -0.39 is 6.04 Å². The number of amides is 1. The van der Waals surface area contributed by atoms with Crippen molar-refractivity contribution in [2.75, 3.05) is 26.7 Å². The summed E-state index contributed by atoms with van der Waals surface area (Å²) in [6, 6.07) is -0.211. The first-order valence-electron chi connectivity index (χ1n) is 7.68. The van der Waals surface area contributed by atoms with Crippen molar-refractivity contribution in [3.05, 3.63) is 0 Å². The predicted octanol–water partition coefficient (Wildman–Crippen LogP) is 0.359. The van der Waals surface area contributed by atoms with Gasteiger partial charge in [0.25, 0.3) is 0 Å². The minimum atomic E-state index is -0.564. The zero-order valence-corrected chi connectivity index (χ0v) is 13.6. The molecule has 1 fully saturated rings. The number of methoxy groups -OCH3 is 1. The van der Waals surface area contributed by atoms with Crippen LogP contribution in [-0.4, -0.2) is 55.6 Å². The Morgan fingerprint density at radius 3 is 2.57 bits per heavy atom. The molecule has 6 nitrogen and oxygen atoms in total. The average molecular weight is 299 g/mol. The number of nitrogens with two attached hydrogens (primary N) is 1. The molecule has 21 heavy (non-hydrogen) atoms. The molecule has 122 valence electrons. The topological polar surface area (TPSA) is 84.7 Å². The Kier molecular flexibility index (Phi) is 7.11. The molecule has 0 saturated carbocycles. The minimum Gasteiger partial charge on any atom is -0.467 e. The molecule has 0 aromatic heterocycles. The summed E-state index contributed by atoms with van der Waals surface area (Å²) < 4.78 is 4.76. The Bertz CT molecular complexity index is 360. The minimum absolute atomic E-state index is 0.129. The number of nitrogens with one attached hydrogen (secondary N) is 1. The van der Waals surface area contributed by atoms with Gasteiger partial charge in [-0.3, -0.25) is 9.69 Å². The lowest BCUT2D eigenvalue weighted by Gasteiger charge is -2.23. The van der Waals surface area contributed by atoms with Crippen LogP contribution in [0.2, 0.25) is 0 Å². The van der Waals surface area contributed by atoms with Gasteiger partial charge in [0.05, 0.1) is 13.7 Å². The van der Waals surface area contributed by atoms with Crippen LogP contribution in [-0.2, 0) is 14.3 Å². The molecule has 0 spiro atoms. The molecule has 0 aromatic carbocycles. The number of likely N-dealkylation sites (tertiary alicyclic amines) is 1. The van der Waals surface area contributed by atoms with Gasteiger partial charge in [0.15, 0.2) is 0 Å². The zero-order chi connectivity index (χ0) is 16.0. The molecule has 1 rings (SSSR count). The molecule has 1 aliphatic rings. The highest BCUT2D eigenvalue weighted by Gasteiger charge is 2.30. The Morgan fingerprint density at radius 1 is 1.43 bits per heavy atom. The molecule has 0 radical (unpaired) electrons. The smallest absolute Gasteiger partial charge is 0.328 e. The molecule has 6 heteroatoms. The maximum Gasteiger partial charge on any atom is 0.328 e. The molecular formula is C15H29N3O3. The van der Waals surface area contributed by atoms with Gasteiger partial charge in [-0.1, -0.05) is 13.8 Å². The molecule has 1 saturated heterocycles. The number of carbonyl (C=O) groups is 2. The molecular weight excluding hydrogens is 270 g/mol. The molecule has 3 N–H and O–H groups in total. The Labute approximate surface area is 127 Å². The van der Waals surface area contributed by atoms with E-state index in [9.17, 15) is 9.59 Å². The van der Waals surface area contributed by atoms with Gasteiger partial charge < -0.3 is 15.8 Å². The van der Waals surface area contributed by atoms with Gasteiger partial charge in [-0.2, -0.15) is 0 Å². The fourth-order valence-electron chi connectivity index (χ4n) is 2.86. The van der Waals surface area contributed by atoms with E-state index in [1.54, 1.807) is 0 Å². The van der Waals surface area contributed by atoms with E-state index in [-0.39, 0.29) is 11.9 Å². The van der Waals surface area contributed by atoms with E-state index in [4.69, 9.17) is 10.5 Å². The third-order valence-electron chi connectivity index (χ3n) is 4.00. The van der Waals surface area contributed by atoms with Crippen molar-refractivity contribution in [2.45, 2.75) is 45.7 Å². The molecule has 0 bridgehead atoms. The van der Waals surface area contributed by atoms with E-state index in [1.165, 1.54) is 7.11 Å². The van der Waals surface area contributed by atoms with Crippen LogP contribution in [0, 0.1) is 11.8 Å². The third-order valence-corrected chi connectivity index (χ3v) is 4.00. The molecule has 3 unspecified atom stereocenters. The number of esters is 1. The first-order chi connectivity index (χ1) is 9.87. The molecule has 1 heterocycles. The summed E-state index contributed by atoms with van der Waals surface area (Å²) in [6.45, 7) is 7.93. The number of hydrogen-bond donors (Lipinski definition) is 2. The maximum absolute atomic E-state index is 12.2. The second-order valence-electron chi connectivity index (χ2n) is 6.39. The van der Waals surface area contributed by atoms with E-state index in [0.717, 1.165) is 13.0 Å². The van der Waals surface area contributed by atoms with Gasteiger partial charge in [0, 0.05) is 12.6 Å². The second kappa shape index (κ2) is 8.34. The van der Waals surface area contributed by atoms with Crippen molar-refractivity contribution < 1.29 is 14.3 Å². The molecule has 3 atom stereocenters. The van der Waals surface area contributed by atoms with Gasteiger partial charge in [0.2, 0.25) is 5.91 Å². The summed E-state index contributed by atoms with van der Waals surface area (Å²) >= 11 is 0. The van der Waals surface area contributed by atoms with E-state index in [1.807, 2.05) is 13.8 Å². The van der Waals surface area contributed by atoms with Crippen molar-refractivity contribution in [1.29, 1.82) is 0 Å². The van der Waals surface area contributed by atoms with Crippen LogP contribution in [0.3, 0.4) is 0 Å². The first-order valence-corrected chi connectivity index (χ1v) is 7.68. The van der Waals surface area contributed by atoms with Crippen LogP contribution in [0.1, 0.15) is 33.6 Å². The number of ether oxygens (including phenoxy) is 1. The number of rotatable bonds is 7. The van der Waals surface area contributed by atoms with Crippen molar-refractivity contribution >= 4 is 11.9 Å². The average Bonchev–Trinajstić information content (AvgIpc) is 2.77. The summed E-state index contributed by atoms with van der Waals surface area (Å²) in [7, 11) is 1.34. The van der Waals surface area contributed by atoms with Crippen molar-refractivity contribution in [1.82, 2.24) is 10.2 Å². The van der Waals surface area contributed by atoms with Gasteiger partial charge >= 0.3 is 5.97 Å². The maximum atomic E-state index is 12.2. The van der Waals surface area contributed by atoms with E-state index >= 15 is 0 Å². The summed E-state index contributed by atoms with van der Waals surface area (Å²) in [5.41, 5.74) is 5.69. The SMILES string of the molecule is COC(=O)C(CC(C)C)NC(=O)CN1CC(CN)CC1C. The quantitative estimate of drug-likeness (QED) is 0.663. The van der Waals surface area contributed by atoms with Gasteiger partial charge in [-0.15, -0.1) is 0 Å². The van der Waals surface area contributed by atoms with E-state index in [0.29, 0.717) is 37.4 Å². The van der Waals surface area contributed by atoms with Crippen LogP contribution >= 0.6 is 0 Å². The fourth-order valence-corrected chi connectivity index (χ4v) is 2.86. The summed E-state index contributed by atoms with van der Waals surface area (Å²) in [4.78, 5) is 26.0. The molecule has 1 aliphatic heterocycles. The standard InChI is InChI=1S/C15H29N3O3/c1-10(2)5-13(15(20)21-4)17-14(19)9-18-8-12(7-16)6-11(18)3/h10-13H,5-9,16H2,1-4H3,(H,17,19). The van der Waals surface area contributed by atoms with Gasteiger partial charge in [0.1, 0.15) is 6.04 Å². The highest BCUT2D eigenvalue weighted by molar-refractivity contribution is 5.85. The van der Waals surface area contributed by atoms with Crippen LogP contribution in [0.4, 0.5) is 0 Å². The largest absolute Gasteiger partial charge is 0.467 e. The third kappa shape index (κ3) is 5.63. The van der Waals surface area contributed by atoms with Crippen molar-refractivity contribution in [3.63, 3.8) is 0 Å². The lowest BCUT2D eigenvalue weighted by Crippen LogP contribution is -2.47. The van der Waals surface area contributed by atoms with E-state index in [2.05, 4.69) is 17.1 Å². The highest BCUT2D eigenvalue weighted by Crippen LogP contribution is 2.21. The van der Waals surface area contributed by atoms with Gasteiger partial charge in [-0.05, 0) is 38.1 Å². The Balaban J connectivity index is 2.52. The number of carbonyl (C=O) groups excluding carboxylic acids is 2. The zero-order valence-electron chi connectivity index (χ0n) is 13.6. The van der Waals surface area contributed by atoms with Crippen LogP contribution < -0.4 is 11.1 Å². The number of nitrogens with zero attached hydrogens (tertiary/aromatic N) is 1. The lowest BCUT2D eigenvalue weighted by atomic mass is 10.0. The summed E-state index contributed by atoms with van der Waals surface area (Å²) in [5, 5.41) is 2.79. The Hall–Kier alpha value is -1.14. The fraction of sp³-hybridized carbons (Fsp3) is 0.867. The van der Waals surface area contributed by atoms with Crippen molar-refractivity contribution in [2.24, 2.45) is 17.6 Å². The monoisotopic (exact) mass is 299 g/mol. The summed E-state index contributed by atoms with van der Waals surface area (Å²) in [5.74, 6) is 0.253. The normalized spacial score (nSPS) is 24.1. The van der Waals surface area contributed by atoms with Crippen LogP contribution in [0.25, 0.3) is 0 Å². The highest BCUT2D eigenvalue weighted by atomic mass is 16.5. The first kappa shape index (κ1) is 17.9. The van der Waals surface area contributed by atoms with Crippen LogP contribution in [0.15, 0.2) is 0 Å². The molecule has 1 amide bonds. The summed E-state index contributed by atoms with van der Waals surface area (Å²) in [6.07, 6.45) is 1.61. The predicted molar refractivity (Wildman–Crippen MR) is 81.6 cm³/mol. The Morgan fingerprint density at radius 2 is 2.10 bits per heavy atom.